The number of nitriles is 1. The Hall–Kier alpha value is -3.79. The van der Waals surface area contributed by atoms with Gasteiger partial charge in [0.1, 0.15) is 11.8 Å². The van der Waals surface area contributed by atoms with Gasteiger partial charge in [-0.25, -0.2) is 0 Å². The Morgan fingerprint density at radius 1 is 1.11 bits per heavy atom. The predicted molar refractivity (Wildman–Crippen MR) is 135 cm³/mol. The van der Waals surface area contributed by atoms with E-state index in [-0.39, 0.29) is 23.7 Å². The number of esters is 1. The molecule has 7 nitrogen and oxygen atoms in total. The summed E-state index contributed by atoms with van der Waals surface area (Å²) in [5.41, 5.74) is 4.61. The van der Waals surface area contributed by atoms with E-state index in [9.17, 15) is 14.9 Å². The second-order valence-electron chi connectivity index (χ2n) is 8.82. The van der Waals surface area contributed by atoms with Crippen molar-refractivity contribution in [1.29, 1.82) is 5.26 Å². The standard InChI is InChI=1S/C28H33N3O4/c1-5-35-28(33)22-10-8-21(9-11-22)27(32)31-25-12-6-18(2)14-24(25)19(3)30-17-20-7-13-26(34-4)23(15-20)16-29/h6-7,12-15,21-22,30H,3,5,8-11,17H2,1-2,4H3,(H,31,32). The van der Waals surface area contributed by atoms with E-state index in [4.69, 9.17) is 9.47 Å². The Morgan fingerprint density at radius 2 is 1.83 bits per heavy atom. The zero-order valence-corrected chi connectivity index (χ0v) is 20.6. The number of anilines is 1. The van der Waals surface area contributed by atoms with E-state index in [0.717, 1.165) is 16.7 Å². The minimum atomic E-state index is -0.159. The fourth-order valence-electron chi connectivity index (χ4n) is 4.36. The molecule has 1 aliphatic rings. The highest BCUT2D eigenvalue weighted by atomic mass is 16.5. The highest BCUT2D eigenvalue weighted by Gasteiger charge is 2.31. The fraction of sp³-hybridized carbons (Fsp3) is 0.393. The summed E-state index contributed by atoms with van der Waals surface area (Å²) in [6.07, 6.45) is 2.65. The van der Waals surface area contributed by atoms with E-state index in [1.54, 1.807) is 19.1 Å². The van der Waals surface area contributed by atoms with E-state index in [0.29, 0.717) is 61.5 Å². The molecule has 0 aliphatic heterocycles. The lowest BCUT2D eigenvalue weighted by Gasteiger charge is -2.27. The number of methoxy groups -OCH3 is 1. The molecule has 1 saturated carbocycles. The van der Waals surface area contributed by atoms with Crippen LogP contribution in [0.4, 0.5) is 5.69 Å². The summed E-state index contributed by atoms with van der Waals surface area (Å²) in [5, 5.41) is 15.7. The first-order chi connectivity index (χ1) is 16.9. The van der Waals surface area contributed by atoms with Crippen LogP contribution in [0, 0.1) is 30.1 Å². The Bertz CT molecular complexity index is 1130. The molecule has 184 valence electrons. The van der Waals surface area contributed by atoms with Crippen molar-refractivity contribution in [1.82, 2.24) is 5.32 Å². The van der Waals surface area contributed by atoms with Gasteiger partial charge in [0.15, 0.2) is 0 Å². The third kappa shape index (κ3) is 6.63. The minimum absolute atomic E-state index is 0.0426. The summed E-state index contributed by atoms with van der Waals surface area (Å²) < 4.78 is 10.3. The Balaban J connectivity index is 1.64. The van der Waals surface area contributed by atoms with Gasteiger partial charge < -0.3 is 20.1 Å². The molecular weight excluding hydrogens is 442 g/mol. The number of hydrogen-bond acceptors (Lipinski definition) is 6. The van der Waals surface area contributed by atoms with Crippen LogP contribution in [-0.2, 0) is 20.9 Å². The number of amides is 1. The predicted octanol–water partition coefficient (Wildman–Crippen LogP) is 4.94. The Morgan fingerprint density at radius 3 is 2.49 bits per heavy atom. The molecule has 1 aliphatic carbocycles. The molecule has 1 fully saturated rings. The zero-order valence-electron chi connectivity index (χ0n) is 20.6. The number of ether oxygens (including phenoxy) is 2. The molecule has 2 aromatic rings. The topological polar surface area (TPSA) is 100 Å². The molecule has 0 saturated heterocycles. The molecule has 35 heavy (non-hydrogen) atoms. The van der Waals surface area contributed by atoms with Crippen molar-refractivity contribution in [3.8, 4) is 11.8 Å². The van der Waals surface area contributed by atoms with Gasteiger partial charge in [0, 0.05) is 23.7 Å². The van der Waals surface area contributed by atoms with Crippen LogP contribution in [-0.4, -0.2) is 25.6 Å². The maximum Gasteiger partial charge on any atom is 0.308 e. The fourth-order valence-corrected chi connectivity index (χ4v) is 4.36. The summed E-state index contributed by atoms with van der Waals surface area (Å²) in [6, 6.07) is 13.4. The molecule has 7 heteroatoms. The molecule has 0 unspecified atom stereocenters. The van der Waals surface area contributed by atoms with Gasteiger partial charge in [-0.1, -0.05) is 24.3 Å². The van der Waals surface area contributed by atoms with Gasteiger partial charge in [0.25, 0.3) is 0 Å². The maximum atomic E-state index is 13.0. The molecule has 0 atom stereocenters. The monoisotopic (exact) mass is 475 g/mol. The molecule has 1 amide bonds. The molecule has 2 N–H and O–H groups in total. The highest BCUT2D eigenvalue weighted by Crippen LogP contribution is 2.31. The SMILES string of the molecule is C=C(NCc1ccc(OC)c(C#N)c1)c1cc(C)ccc1NC(=O)C1CCC(C(=O)OCC)CC1. The van der Waals surface area contributed by atoms with Gasteiger partial charge in [-0.15, -0.1) is 0 Å². The van der Waals surface area contributed by atoms with Crippen molar-refractivity contribution in [3.63, 3.8) is 0 Å². The van der Waals surface area contributed by atoms with Crippen molar-refractivity contribution in [2.24, 2.45) is 11.8 Å². The molecule has 0 heterocycles. The number of rotatable bonds is 9. The molecule has 0 radical (unpaired) electrons. The number of benzene rings is 2. The summed E-state index contributed by atoms with van der Waals surface area (Å²) >= 11 is 0. The normalized spacial score (nSPS) is 17.1. The van der Waals surface area contributed by atoms with Crippen molar-refractivity contribution in [2.75, 3.05) is 19.0 Å². The molecule has 0 bridgehead atoms. The highest BCUT2D eigenvalue weighted by molar-refractivity contribution is 5.95. The van der Waals surface area contributed by atoms with Crippen LogP contribution in [0.15, 0.2) is 43.0 Å². The van der Waals surface area contributed by atoms with Crippen molar-refractivity contribution in [2.45, 2.75) is 46.1 Å². The van der Waals surface area contributed by atoms with Gasteiger partial charge in [-0.2, -0.15) is 5.26 Å². The van der Waals surface area contributed by atoms with E-state index in [1.807, 2.05) is 31.2 Å². The van der Waals surface area contributed by atoms with Crippen LogP contribution in [0.25, 0.3) is 5.70 Å². The number of aryl methyl sites for hydroxylation is 1. The second-order valence-corrected chi connectivity index (χ2v) is 8.82. The molecule has 2 aromatic carbocycles. The van der Waals surface area contributed by atoms with Crippen LogP contribution >= 0.6 is 0 Å². The quantitative estimate of drug-likeness (QED) is 0.498. The van der Waals surface area contributed by atoms with Crippen LogP contribution in [0.2, 0.25) is 0 Å². The first kappa shape index (κ1) is 25.8. The van der Waals surface area contributed by atoms with E-state index in [1.165, 1.54) is 7.11 Å². The number of carbonyl (C=O) groups is 2. The lowest BCUT2D eigenvalue weighted by atomic mass is 9.81. The number of carbonyl (C=O) groups excluding carboxylic acids is 2. The van der Waals surface area contributed by atoms with Gasteiger partial charge >= 0.3 is 5.97 Å². The van der Waals surface area contributed by atoms with Crippen LogP contribution in [0.1, 0.15) is 54.9 Å². The number of hydrogen-bond donors (Lipinski definition) is 2. The Labute approximate surface area is 207 Å². The summed E-state index contributed by atoms with van der Waals surface area (Å²) in [5.74, 6) is 0.0829. The smallest absolute Gasteiger partial charge is 0.308 e. The lowest BCUT2D eigenvalue weighted by molar-refractivity contribution is -0.150. The van der Waals surface area contributed by atoms with Crippen LogP contribution in [0.5, 0.6) is 5.75 Å². The Kier molecular flexibility index (Phi) is 8.91. The molecular formula is C28H33N3O4. The third-order valence-electron chi connectivity index (χ3n) is 6.37. The molecule has 0 spiro atoms. The largest absolute Gasteiger partial charge is 0.495 e. The van der Waals surface area contributed by atoms with E-state index < -0.39 is 0 Å². The average Bonchev–Trinajstić information content (AvgIpc) is 2.88. The van der Waals surface area contributed by atoms with Crippen LogP contribution in [0.3, 0.4) is 0 Å². The molecule has 0 aromatic heterocycles. The van der Waals surface area contributed by atoms with Gasteiger partial charge in [0.2, 0.25) is 5.91 Å². The number of nitrogens with zero attached hydrogens (tertiary/aromatic N) is 1. The first-order valence-corrected chi connectivity index (χ1v) is 11.9. The maximum absolute atomic E-state index is 13.0. The third-order valence-corrected chi connectivity index (χ3v) is 6.37. The molecule has 3 rings (SSSR count). The number of nitrogens with one attached hydrogen (secondary N) is 2. The second kappa shape index (κ2) is 12.1. The van der Waals surface area contributed by atoms with Crippen molar-refractivity contribution >= 4 is 23.3 Å². The first-order valence-electron chi connectivity index (χ1n) is 11.9. The lowest BCUT2D eigenvalue weighted by Crippen LogP contribution is -2.30. The van der Waals surface area contributed by atoms with E-state index >= 15 is 0 Å². The van der Waals surface area contributed by atoms with Crippen LogP contribution < -0.4 is 15.4 Å². The van der Waals surface area contributed by atoms with Gasteiger partial charge in [0.05, 0.1) is 30.9 Å². The minimum Gasteiger partial charge on any atom is -0.495 e. The summed E-state index contributed by atoms with van der Waals surface area (Å²) in [4.78, 5) is 25.0. The zero-order chi connectivity index (χ0) is 25.4. The van der Waals surface area contributed by atoms with Gasteiger partial charge in [-0.05, 0) is 69.4 Å². The summed E-state index contributed by atoms with van der Waals surface area (Å²) in [6.45, 7) is 8.82. The van der Waals surface area contributed by atoms with Crippen molar-refractivity contribution < 1.29 is 19.1 Å². The van der Waals surface area contributed by atoms with E-state index in [2.05, 4.69) is 23.3 Å². The average molecular weight is 476 g/mol. The summed E-state index contributed by atoms with van der Waals surface area (Å²) in [7, 11) is 1.54. The van der Waals surface area contributed by atoms with Gasteiger partial charge in [-0.3, -0.25) is 9.59 Å². The van der Waals surface area contributed by atoms with Crippen molar-refractivity contribution in [3.05, 3.63) is 65.2 Å².